The first-order chi connectivity index (χ1) is 8.94. The summed E-state index contributed by atoms with van der Waals surface area (Å²) in [5.74, 6) is 0. The number of nitrogens with zero attached hydrogens (tertiary/aromatic N) is 3. The zero-order chi connectivity index (χ0) is 14.3. The van der Waals surface area contributed by atoms with E-state index >= 15 is 0 Å². The fourth-order valence-electron chi connectivity index (χ4n) is 2.20. The molecule has 2 rings (SSSR count). The lowest BCUT2D eigenvalue weighted by Gasteiger charge is -2.21. The highest BCUT2D eigenvalue weighted by atomic mass is 16.3. The maximum atomic E-state index is 8.39. The molecule has 4 heteroatoms. The first-order valence-corrected chi connectivity index (χ1v) is 6.95. The summed E-state index contributed by atoms with van der Waals surface area (Å²) in [6.45, 7) is 2.34. The molecule has 1 saturated heterocycles. The number of likely N-dealkylation sites (tertiary alicyclic amines) is 1. The second kappa shape index (κ2) is 7.58. The number of quaternary nitrogens is 1. The Morgan fingerprint density at radius 1 is 1.42 bits per heavy atom. The molecule has 1 fully saturated rings. The average Bonchev–Trinajstić information content (AvgIpc) is 2.76. The number of aromatic nitrogens is 1. The van der Waals surface area contributed by atoms with E-state index in [0.29, 0.717) is 6.04 Å². The van der Waals surface area contributed by atoms with E-state index in [-0.39, 0.29) is 6.61 Å². The number of aliphatic hydroxyl groups excluding tert-OH is 1. The van der Waals surface area contributed by atoms with Gasteiger partial charge in [0.2, 0.25) is 0 Å². The maximum absolute atomic E-state index is 8.39. The van der Waals surface area contributed by atoms with Crippen LogP contribution >= 0.6 is 0 Å². The molecule has 2 heterocycles. The van der Waals surface area contributed by atoms with Crippen molar-refractivity contribution in [1.29, 1.82) is 0 Å². The fraction of sp³-hybridized carbons (Fsp3) is 0.667. The Morgan fingerprint density at radius 3 is 2.53 bits per heavy atom. The summed E-state index contributed by atoms with van der Waals surface area (Å²) in [4.78, 5) is 6.54. The topological polar surface area (TPSA) is 36.4 Å². The molecule has 0 aliphatic carbocycles. The van der Waals surface area contributed by atoms with Gasteiger partial charge in [-0.05, 0) is 38.1 Å². The van der Waals surface area contributed by atoms with Crippen LogP contribution in [0.5, 0.6) is 0 Å². The van der Waals surface area contributed by atoms with Crippen LogP contribution < -0.4 is 0 Å². The van der Waals surface area contributed by atoms with Crippen LogP contribution in [0.25, 0.3) is 0 Å². The number of hydrogen-bond donors (Lipinski definition) is 1. The van der Waals surface area contributed by atoms with Gasteiger partial charge in [-0.25, -0.2) is 0 Å². The molecule has 1 aliphatic rings. The van der Waals surface area contributed by atoms with Crippen LogP contribution in [0.3, 0.4) is 0 Å². The van der Waals surface area contributed by atoms with Crippen LogP contribution in [-0.4, -0.2) is 67.4 Å². The maximum Gasteiger partial charge on any atom is 0.101 e. The Balaban J connectivity index is 0.000000224. The predicted octanol–water partition coefficient (Wildman–Crippen LogP) is 1.53. The van der Waals surface area contributed by atoms with E-state index < -0.39 is 0 Å². The molecule has 1 aromatic heterocycles. The summed E-state index contributed by atoms with van der Waals surface area (Å²) in [5, 5.41) is 8.39. The summed E-state index contributed by atoms with van der Waals surface area (Å²) in [6.07, 6.45) is 6.41. The summed E-state index contributed by atoms with van der Waals surface area (Å²) in [7, 11) is 8.34. The van der Waals surface area contributed by atoms with Crippen LogP contribution in [0.4, 0.5) is 0 Å². The number of rotatable bonds is 3. The lowest BCUT2D eigenvalue weighted by atomic mass is 10.1. The zero-order valence-electron chi connectivity index (χ0n) is 12.7. The Hall–Kier alpha value is -0.970. The molecule has 1 N–H and O–H groups in total. The molecule has 0 saturated carbocycles. The Bertz CT molecular complexity index is 348. The molecule has 0 amide bonds. The molecule has 19 heavy (non-hydrogen) atoms. The summed E-state index contributed by atoms with van der Waals surface area (Å²) in [5.41, 5.74) is 1.36. The van der Waals surface area contributed by atoms with Crippen molar-refractivity contribution in [1.82, 2.24) is 9.88 Å². The quantitative estimate of drug-likeness (QED) is 0.843. The van der Waals surface area contributed by atoms with Gasteiger partial charge >= 0.3 is 0 Å². The van der Waals surface area contributed by atoms with Crippen molar-refractivity contribution in [3.8, 4) is 0 Å². The van der Waals surface area contributed by atoms with E-state index in [1.807, 2.05) is 18.5 Å². The molecule has 108 valence electrons. The molecule has 0 bridgehead atoms. The lowest BCUT2D eigenvalue weighted by molar-refractivity contribution is -0.870. The molecule has 1 aromatic rings. The van der Waals surface area contributed by atoms with Crippen molar-refractivity contribution in [2.24, 2.45) is 0 Å². The minimum absolute atomic E-state index is 0.281. The van der Waals surface area contributed by atoms with Gasteiger partial charge in [-0.2, -0.15) is 0 Å². The van der Waals surface area contributed by atoms with Gasteiger partial charge in [0, 0.05) is 18.4 Å². The Labute approximate surface area is 117 Å². The van der Waals surface area contributed by atoms with E-state index in [1.165, 1.54) is 24.9 Å². The molecule has 1 aliphatic heterocycles. The van der Waals surface area contributed by atoms with Gasteiger partial charge in [0.1, 0.15) is 6.54 Å². The van der Waals surface area contributed by atoms with Crippen LogP contribution in [-0.2, 0) is 0 Å². The average molecular weight is 266 g/mol. The first-order valence-electron chi connectivity index (χ1n) is 6.95. The van der Waals surface area contributed by atoms with Crippen molar-refractivity contribution >= 4 is 0 Å². The van der Waals surface area contributed by atoms with Crippen molar-refractivity contribution in [2.75, 3.05) is 47.9 Å². The first kappa shape index (κ1) is 16.1. The monoisotopic (exact) mass is 266 g/mol. The van der Waals surface area contributed by atoms with Crippen LogP contribution in [0.2, 0.25) is 0 Å². The summed E-state index contributed by atoms with van der Waals surface area (Å²) in [6, 6.07) is 4.79. The highest BCUT2D eigenvalue weighted by molar-refractivity contribution is 5.14. The van der Waals surface area contributed by atoms with Crippen LogP contribution in [0.1, 0.15) is 24.4 Å². The largest absolute Gasteiger partial charge is 0.391 e. The summed E-state index contributed by atoms with van der Waals surface area (Å²) >= 11 is 0. The van der Waals surface area contributed by atoms with E-state index in [2.05, 4.69) is 44.1 Å². The van der Waals surface area contributed by atoms with Crippen molar-refractivity contribution < 1.29 is 9.59 Å². The Morgan fingerprint density at radius 2 is 2.16 bits per heavy atom. The van der Waals surface area contributed by atoms with Gasteiger partial charge in [-0.1, -0.05) is 6.07 Å². The highest BCUT2D eigenvalue weighted by Gasteiger charge is 2.21. The second-order valence-corrected chi connectivity index (χ2v) is 6.16. The van der Waals surface area contributed by atoms with E-state index in [0.717, 1.165) is 11.0 Å². The third kappa shape index (κ3) is 6.14. The highest BCUT2D eigenvalue weighted by Crippen LogP contribution is 2.29. The lowest BCUT2D eigenvalue weighted by Crippen LogP contribution is -2.36. The van der Waals surface area contributed by atoms with Gasteiger partial charge in [-0.3, -0.25) is 9.88 Å². The normalized spacial score (nSPS) is 19.9. The summed E-state index contributed by atoms with van der Waals surface area (Å²) < 4.78 is 0.844. The molecular weight excluding hydrogens is 238 g/mol. The second-order valence-electron chi connectivity index (χ2n) is 6.16. The molecule has 1 atom stereocenters. The third-order valence-electron chi connectivity index (χ3n) is 3.36. The molecule has 0 aromatic carbocycles. The molecule has 0 spiro atoms. The molecule has 0 radical (unpaired) electrons. The minimum atomic E-state index is 0.281. The number of pyridine rings is 1. The predicted molar refractivity (Wildman–Crippen MR) is 78.8 cm³/mol. The Kier molecular flexibility index (Phi) is 6.42. The van der Waals surface area contributed by atoms with Crippen molar-refractivity contribution in [2.45, 2.75) is 18.9 Å². The molecular formula is C15H28N3O+. The van der Waals surface area contributed by atoms with Crippen molar-refractivity contribution in [3.63, 3.8) is 0 Å². The molecule has 4 nitrogen and oxygen atoms in total. The van der Waals surface area contributed by atoms with E-state index in [4.69, 9.17) is 5.11 Å². The van der Waals surface area contributed by atoms with E-state index in [9.17, 15) is 0 Å². The standard InChI is InChI=1S/C10H14N2.C5H14NO/c1-12-7-3-5-10(12)9-4-2-6-11-8-9;1-6(2,3)4-5-7/h2,4,6,8,10H,3,5,7H2,1H3;7H,4-5H2,1-3H3/q;+1/t10-;/m0./s1. The number of hydrogen-bond acceptors (Lipinski definition) is 3. The molecule has 0 unspecified atom stereocenters. The van der Waals surface area contributed by atoms with Gasteiger partial charge in [0.25, 0.3) is 0 Å². The number of likely N-dealkylation sites (N-methyl/N-ethyl adjacent to an activating group) is 1. The zero-order valence-corrected chi connectivity index (χ0v) is 12.7. The van der Waals surface area contributed by atoms with Gasteiger partial charge in [0.05, 0.1) is 27.7 Å². The SMILES string of the molecule is CN1CCC[C@H]1c1cccnc1.C[N+](C)(C)CCO. The fourth-order valence-corrected chi connectivity index (χ4v) is 2.20. The smallest absolute Gasteiger partial charge is 0.101 e. The van der Waals surface area contributed by atoms with Gasteiger partial charge in [-0.15, -0.1) is 0 Å². The van der Waals surface area contributed by atoms with Crippen LogP contribution in [0, 0.1) is 0 Å². The number of aliphatic hydroxyl groups is 1. The van der Waals surface area contributed by atoms with Gasteiger partial charge < -0.3 is 9.59 Å². The third-order valence-corrected chi connectivity index (χ3v) is 3.36. The van der Waals surface area contributed by atoms with Gasteiger partial charge in [0.15, 0.2) is 0 Å². The van der Waals surface area contributed by atoms with Crippen molar-refractivity contribution in [3.05, 3.63) is 30.1 Å². The minimum Gasteiger partial charge on any atom is -0.391 e. The van der Waals surface area contributed by atoms with E-state index in [1.54, 1.807) is 0 Å². The van der Waals surface area contributed by atoms with Crippen LogP contribution in [0.15, 0.2) is 24.5 Å².